The number of rotatable bonds is 3. The Labute approximate surface area is 105 Å². The second-order valence-corrected chi connectivity index (χ2v) is 3.65. The first-order chi connectivity index (χ1) is 8.70. The monoisotopic (exact) mass is 243 g/mol. The second-order valence-electron chi connectivity index (χ2n) is 3.65. The molecule has 0 spiro atoms. The maximum Gasteiger partial charge on any atom is 0.255 e. The van der Waals surface area contributed by atoms with Crippen molar-refractivity contribution in [2.24, 2.45) is 0 Å². The summed E-state index contributed by atoms with van der Waals surface area (Å²) in [6.07, 6.45) is 3.21. The van der Waals surface area contributed by atoms with Crippen LogP contribution in [-0.2, 0) is 0 Å². The first-order valence-electron chi connectivity index (χ1n) is 5.35. The highest BCUT2D eigenvalue weighted by molar-refractivity contribution is 6.04. The molecule has 2 aromatic rings. The highest BCUT2D eigenvalue weighted by Crippen LogP contribution is 2.22. The fourth-order valence-electron chi connectivity index (χ4n) is 1.52. The number of anilines is 2. The van der Waals surface area contributed by atoms with E-state index in [0.29, 0.717) is 22.7 Å². The minimum absolute atomic E-state index is 0.239. The third kappa shape index (κ3) is 2.57. The number of aromatic nitrogens is 1. The van der Waals surface area contributed by atoms with E-state index in [4.69, 9.17) is 10.5 Å². The number of methoxy groups -OCH3 is 1. The summed E-state index contributed by atoms with van der Waals surface area (Å²) in [7, 11) is 1.53. The van der Waals surface area contributed by atoms with Crippen molar-refractivity contribution in [2.75, 3.05) is 18.2 Å². The molecule has 92 valence electrons. The number of carbonyl (C=O) groups is 1. The van der Waals surface area contributed by atoms with Gasteiger partial charge in [-0.15, -0.1) is 0 Å². The Balaban J connectivity index is 2.17. The molecule has 1 aromatic carbocycles. The van der Waals surface area contributed by atoms with Crippen LogP contribution in [0.5, 0.6) is 5.75 Å². The third-order valence-corrected chi connectivity index (χ3v) is 2.41. The molecule has 3 N–H and O–H groups in total. The largest absolute Gasteiger partial charge is 0.495 e. The second kappa shape index (κ2) is 5.18. The molecule has 0 unspecified atom stereocenters. The maximum absolute atomic E-state index is 11.9. The maximum atomic E-state index is 11.9. The lowest BCUT2D eigenvalue weighted by Crippen LogP contribution is -2.12. The van der Waals surface area contributed by atoms with Gasteiger partial charge >= 0.3 is 0 Å². The molecular formula is C13H13N3O2. The van der Waals surface area contributed by atoms with Crippen LogP contribution in [0.4, 0.5) is 11.4 Å². The Morgan fingerprint density at radius 2 is 2.22 bits per heavy atom. The van der Waals surface area contributed by atoms with E-state index in [0.717, 1.165) is 0 Å². The highest BCUT2D eigenvalue weighted by atomic mass is 16.5. The van der Waals surface area contributed by atoms with Gasteiger partial charge in [-0.05, 0) is 30.3 Å². The van der Waals surface area contributed by atoms with Gasteiger partial charge in [0.25, 0.3) is 5.91 Å². The van der Waals surface area contributed by atoms with Crippen LogP contribution in [0.1, 0.15) is 10.4 Å². The van der Waals surface area contributed by atoms with Gasteiger partial charge in [0.15, 0.2) is 0 Å². The number of hydrogen-bond donors (Lipinski definition) is 2. The van der Waals surface area contributed by atoms with Crippen molar-refractivity contribution in [3.8, 4) is 5.75 Å². The standard InChI is InChI=1S/C13H13N3O2/c1-18-12-5-4-9(7-11(12)14)13(17)16-10-3-2-6-15-8-10/h2-8H,14H2,1H3,(H,16,17). The average Bonchev–Trinajstić information content (AvgIpc) is 2.39. The van der Waals surface area contributed by atoms with Gasteiger partial charge < -0.3 is 15.8 Å². The summed E-state index contributed by atoms with van der Waals surface area (Å²) in [5.41, 5.74) is 7.28. The lowest BCUT2D eigenvalue weighted by Gasteiger charge is -2.07. The smallest absolute Gasteiger partial charge is 0.255 e. The van der Waals surface area contributed by atoms with Crippen molar-refractivity contribution in [3.05, 3.63) is 48.3 Å². The first-order valence-corrected chi connectivity index (χ1v) is 5.35. The lowest BCUT2D eigenvalue weighted by molar-refractivity contribution is 0.102. The SMILES string of the molecule is COc1ccc(C(=O)Nc2cccnc2)cc1N. The van der Waals surface area contributed by atoms with E-state index in [2.05, 4.69) is 10.3 Å². The molecule has 18 heavy (non-hydrogen) atoms. The summed E-state index contributed by atoms with van der Waals surface area (Å²) in [5.74, 6) is 0.310. The molecule has 5 nitrogen and oxygen atoms in total. The van der Waals surface area contributed by atoms with E-state index in [1.165, 1.54) is 7.11 Å². The van der Waals surface area contributed by atoms with Crippen LogP contribution >= 0.6 is 0 Å². The van der Waals surface area contributed by atoms with Crippen LogP contribution in [0.2, 0.25) is 0 Å². The molecule has 0 saturated carbocycles. The van der Waals surface area contributed by atoms with Crippen LogP contribution in [0.15, 0.2) is 42.7 Å². The average molecular weight is 243 g/mol. The number of nitrogen functional groups attached to an aromatic ring is 1. The molecular weight excluding hydrogens is 230 g/mol. The molecule has 0 aliphatic rings. The summed E-state index contributed by atoms with van der Waals surface area (Å²) in [6, 6.07) is 8.40. The molecule has 0 radical (unpaired) electrons. The molecule has 0 fully saturated rings. The van der Waals surface area contributed by atoms with E-state index in [-0.39, 0.29) is 5.91 Å². The fraction of sp³-hybridized carbons (Fsp3) is 0.0769. The van der Waals surface area contributed by atoms with Crippen LogP contribution in [0, 0.1) is 0 Å². The van der Waals surface area contributed by atoms with E-state index in [1.807, 2.05) is 0 Å². The van der Waals surface area contributed by atoms with Gasteiger partial charge in [-0.3, -0.25) is 9.78 Å². The number of nitrogens with two attached hydrogens (primary N) is 1. The molecule has 0 atom stereocenters. The van der Waals surface area contributed by atoms with Crippen molar-refractivity contribution in [1.82, 2.24) is 4.98 Å². The Bertz CT molecular complexity index is 555. The third-order valence-electron chi connectivity index (χ3n) is 2.41. The topological polar surface area (TPSA) is 77.2 Å². The Morgan fingerprint density at radius 1 is 1.39 bits per heavy atom. The Hall–Kier alpha value is -2.56. The predicted molar refractivity (Wildman–Crippen MR) is 69.6 cm³/mol. The van der Waals surface area contributed by atoms with E-state index in [9.17, 15) is 4.79 Å². The Kier molecular flexibility index (Phi) is 3.43. The number of pyridine rings is 1. The number of nitrogens with one attached hydrogen (secondary N) is 1. The highest BCUT2D eigenvalue weighted by Gasteiger charge is 2.08. The van der Waals surface area contributed by atoms with Gasteiger partial charge in [0.2, 0.25) is 0 Å². The van der Waals surface area contributed by atoms with Gasteiger partial charge in [-0.2, -0.15) is 0 Å². The Morgan fingerprint density at radius 3 is 2.83 bits per heavy atom. The number of benzene rings is 1. The number of amides is 1. The van der Waals surface area contributed by atoms with Crippen molar-refractivity contribution >= 4 is 17.3 Å². The number of carbonyl (C=O) groups excluding carboxylic acids is 1. The van der Waals surface area contributed by atoms with Crippen LogP contribution in [0.25, 0.3) is 0 Å². The molecule has 0 aliphatic heterocycles. The van der Waals surface area contributed by atoms with Gasteiger partial charge in [-0.1, -0.05) is 0 Å². The van der Waals surface area contributed by atoms with Crippen molar-refractivity contribution < 1.29 is 9.53 Å². The van der Waals surface area contributed by atoms with Crippen LogP contribution < -0.4 is 15.8 Å². The minimum atomic E-state index is -0.239. The van der Waals surface area contributed by atoms with Crippen molar-refractivity contribution in [3.63, 3.8) is 0 Å². The minimum Gasteiger partial charge on any atom is -0.495 e. The summed E-state index contributed by atoms with van der Waals surface area (Å²) >= 11 is 0. The zero-order valence-corrected chi connectivity index (χ0v) is 9.88. The fourth-order valence-corrected chi connectivity index (χ4v) is 1.52. The summed E-state index contributed by atoms with van der Waals surface area (Å²) in [5, 5.41) is 2.73. The summed E-state index contributed by atoms with van der Waals surface area (Å²) < 4.78 is 5.03. The predicted octanol–water partition coefficient (Wildman–Crippen LogP) is 1.92. The van der Waals surface area contributed by atoms with Crippen LogP contribution in [0.3, 0.4) is 0 Å². The number of ether oxygens (including phenoxy) is 1. The van der Waals surface area contributed by atoms with Gasteiger partial charge in [-0.25, -0.2) is 0 Å². The van der Waals surface area contributed by atoms with Gasteiger partial charge in [0, 0.05) is 11.8 Å². The van der Waals surface area contributed by atoms with Gasteiger partial charge in [0.1, 0.15) is 5.75 Å². The zero-order valence-electron chi connectivity index (χ0n) is 9.88. The summed E-state index contributed by atoms with van der Waals surface area (Å²) in [4.78, 5) is 15.8. The van der Waals surface area contributed by atoms with Crippen molar-refractivity contribution in [1.29, 1.82) is 0 Å². The number of hydrogen-bond acceptors (Lipinski definition) is 4. The van der Waals surface area contributed by atoms with E-state index >= 15 is 0 Å². The quantitative estimate of drug-likeness (QED) is 0.807. The molecule has 5 heteroatoms. The summed E-state index contributed by atoms with van der Waals surface area (Å²) in [6.45, 7) is 0. The molecule has 1 heterocycles. The van der Waals surface area contributed by atoms with Crippen molar-refractivity contribution in [2.45, 2.75) is 0 Å². The molecule has 2 rings (SSSR count). The first kappa shape index (κ1) is 11.9. The van der Waals surface area contributed by atoms with Gasteiger partial charge in [0.05, 0.1) is 24.7 Å². The zero-order chi connectivity index (χ0) is 13.0. The molecule has 0 saturated heterocycles. The van der Waals surface area contributed by atoms with Crippen LogP contribution in [-0.4, -0.2) is 18.0 Å². The molecule has 1 aromatic heterocycles. The molecule has 0 bridgehead atoms. The van der Waals surface area contributed by atoms with E-state index in [1.54, 1.807) is 42.7 Å². The van der Waals surface area contributed by atoms with E-state index < -0.39 is 0 Å². The molecule has 0 aliphatic carbocycles. The normalized spacial score (nSPS) is 9.83. The molecule has 1 amide bonds. The number of nitrogens with zero attached hydrogens (tertiary/aromatic N) is 1. The lowest BCUT2D eigenvalue weighted by atomic mass is 10.1.